The van der Waals surface area contributed by atoms with E-state index in [9.17, 15) is 13.5 Å². The second-order valence-corrected chi connectivity index (χ2v) is 9.04. The highest BCUT2D eigenvalue weighted by molar-refractivity contribution is 7.89. The average molecular weight is 454 g/mol. The Hall–Kier alpha value is -3.47. The second kappa shape index (κ2) is 9.35. The first-order valence-electron chi connectivity index (χ1n) is 9.97. The predicted molar refractivity (Wildman–Crippen MR) is 123 cm³/mol. The van der Waals surface area contributed by atoms with Crippen LogP contribution in [0, 0.1) is 0 Å². The van der Waals surface area contributed by atoms with Crippen molar-refractivity contribution >= 4 is 38.5 Å². The minimum absolute atomic E-state index is 0.0370. The summed E-state index contributed by atoms with van der Waals surface area (Å²) < 4.78 is 27.5. The Bertz CT molecular complexity index is 1290. The molecular weight excluding hydrogens is 430 g/mol. The molecule has 4 aromatic rings. The van der Waals surface area contributed by atoms with Crippen molar-refractivity contribution in [3.05, 3.63) is 78.5 Å². The van der Waals surface area contributed by atoms with Gasteiger partial charge in [0.25, 0.3) is 0 Å². The van der Waals surface area contributed by atoms with Crippen LogP contribution in [0.5, 0.6) is 0 Å². The molecule has 32 heavy (non-hydrogen) atoms. The van der Waals surface area contributed by atoms with Crippen LogP contribution in [0.15, 0.2) is 72.9 Å². The highest BCUT2D eigenvalue weighted by Crippen LogP contribution is 2.27. The smallest absolute Gasteiger partial charge is 0.244 e. The summed E-state index contributed by atoms with van der Waals surface area (Å²) in [6.07, 6.45) is 0.451. The topological polar surface area (TPSA) is 129 Å². The summed E-state index contributed by atoms with van der Waals surface area (Å²) in [5.74, 6) is 0.351. The van der Waals surface area contributed by atoms with Gasteiger partial charge in [-0.3, -0.25) is 0 Å². The Morgan fingerprint density at radius 3 is 2.34 bits per heavy atom. The van der Waals surface area contributed by atoms with E-state index < -0.39 is 22.7 Å². The summed E-state index contributed by atoms with van der Waals surface area (Å²) in [7, 11) is -3.76. The molecule has 0 saturated heterocycles. The van der Waals surface area contributed by atoms with Gasteiger partial charge in [0.2, 0.25) is 16.0 Å². The van der Waals surface area contributed by atoms with Crippen LogP contribution in [0.1, 0.15) is 5.56 Å². The summed E-state index contributed by atoms with van der Waals surface area (Å²) in [5.41, 5.74) is 1.60. The van der Waals surface area contributed by atoms with Gasteiger partial charge in [-0.25, -0.2) is 12.4 Å². The van der Waals surface area contributed by atoms with E-state index in [2.05, 4.69) is 20.6 Å². The molecule has 4 N–H and O–H groups in total. The molecule has 10 heteroatoms. The molecule has 0 aliphatic carbocycles. The molecule has 2 heterocycles. The number of aromatic nitrogens is 3. The number of aliphatic hydroxyl groups is 2. The second-order valence-electron chi connectivity index (χ2n) is 7.19. The van der Waals surface area contributed by atoms with Crippen LogP contribution < -0.4 is 10.6 Å². The van der Waals surface area contributed by atoms with Gasteiger partial charge < -0.3 is 20.8 Å². The third-order valence-corrected chi connectivity index (χ3v) is 6.34. The van der Waals surface area contributed by atoms with Crippen molar-refractivity contribution in [2.75, 3.05) is 23.8 Å². The normalized spacial score (nSPS) is 12.6. The van der Waals surface area contributed by atoms with Crippen molar-refractivity contribution in [3.8, 4) is 0 Å². The number of hydrogen-bond donors (Lipinski definition) is 4. The zero-order chi connectivity index (χ0) is 22.6. The predicted octanol–water partition coefficient (Wildman–Crippen LogP) is 2.32. The number of para-hydroxylation sites is 1. The maximum Gasteiger partial charge on any atom is 0.244 e. The van der Waals surface area contributed by atoms with Crippen molar-refractivity contribution in [3.63, 3.8) is 0 Å². The molecule has 1 atom stereocenters. The molecule has 0 amide bonds. The third kappa shape index (κ3) is 4.88. The molecule has 166 valence electrons. The highest BCUT2D eigenvalue weighted by Gasteiger charge is 2.21. The van der Waals surface area contributed by atoms with Crippen molar-refractivity contribution in [1.29, 1.82) is 0 Å². The molecule has 4 rings (SSSR count). The Balaban J connectivity index is 1.76. The Labute approximate surface area is 185 Å². The van der Waals surface area contributed by atoms with Gasteiger partial charge in [-0.1, -0.05) is 48.5 Å². The van der Waals surface area contributed by atoms with Crippen LogP contribution in [0.3, 0.4) is 0 Å². The van der Waals surface area contributed by atoms with E-state index in [0.717, 1.165) is 9.66 Å². The van der Waals surface area contributed by atoms with Crippen molar-refractivity contribution in [2.24, 2.45) is 0 Å². The number of aliphatic hydroxyl groups excluding tert-OH is 2. The number of nitrogens with zero attached hydrogens (tertiary/aromatic N) is 3. The lowest BCUT2D eigenvalue weighted by molar-refractivity contribution is 0.105. The molecule has 0 saturated carbocycles. The summed E-state index contributed by atoms with van der Waals surface area (Å²) in [4.78, 5) is 8.90. The highest BCUT2D eigenvalue weighted by atomic mass is 32.2. The number of hydrogen-bond acceptors (Lipinski definition) is 8. The zero-order valence-electron chi connectivity index (χ0n) is 17.1. The maximum atomic E-state index is 13.2. The summed E-state index contributed by atoms with van der Waals surface area (Å²) in [6, 6.07) is 19.8. The van der Waals surface area contributed by atoms with E-state index in [4.69, 9.17) is 5.11 Å². The van der Waals surface area contributed by atoms with Crippen molar-refractivity contribution in [1.82, 2.24) is 13.9 Å². The Morgan fingerprint density at radius 2 is 1.66 bits per heavy atom. The van der Waals surface area contributed by atoms with Crippen LogP contribution in [0.4, 0.5) is 17.5 Å². The van der Waals surface area contributed by atoms with Gasteiger partial charge in [-0.05, 0) is 23.8 Å². The first-order chi connectivity index (χ1) is 15.5. The SMILES string of the molecule is O=S(=O)(Cc1ccccc1)n1ccc2c(NCC(O)CO)nc(Nc3ccccc3)nc21. The molecule has 0 aliphatic heterocycles. The fourth-order valence-corrected chi connectivity index (χ4v) is 4.59. The van der Waals surface area contributed by atoms with Crippen molar-refractivity contribution < 1.29 is 18.6 Å². The van der Waals surface area contributed by atoms with Crippen molar-refractivity contribution in [2.45, 2.75) is 11.9 Å². The van der Waals surface area contributed by atoms with Gasteiger partial charge in [0.15, 0.2) is 5.65 Å². The summed E-state index contributed by atoms with van der Waals surface area (Å²) in [6.45, 7) is -0.377. The Morgan fingerprint density at radius 1 is 0.969 bits per heavy atom. The lowest BCUT2D eigenvalue weighted by Gasteiger charge is -2.13. The molecule has 0 spiro atoms. The van der Waals surface area contributed by atoms with Crippen LogP contribution in [0.2, 0.25) is 0 Å². The average Bonchev–Trinajstić information content (AvgIpc) is 3.23. The standard InChI is InChI=1S/C22H23N5O4S/c28-14-18(29)13-23-20-19-11-12-27(32(30,31)15-16-7-3-1-4-8-16)21(19)26-22(25-20)24-17-9-5-2-6-10-17/h1-12,18,28-29H,13-15H2,(H2,23,24,25,26). The number of rotatable bonds is 9. The number of nitrogens with one attached hydrogen (secondary N) is 2. The van der Waals surface area contributed by atoms with Gasteiger partial charge in [-0.2, -0.15) is 9.97 Å². The van der Waals surface area contributed by atoms with Crippen LogP contribution in [-0.4, -0.2) is 51.8 Å². The van der Waals surface area contributed by atoms with Crippen LogP contribution in [0.25, 0.3) is 11.0 Å². The van der Waals surface area contributed by atoms with E-state index in [1.165, 1.54) is 6.20 Å². The van der Waals surface area contributed by atoms with E-state index in [1.54, 1.807) is 30.3 Å². The largest absolute Gasteiger partial charge is 0.394 e. The van der Waals surface area contributed by atoms with Gasteiger partial charge in [0.05, 0.1) is 23.8 Å². The van der Waals surface area contributed by atoms with E-state index in [0.29, 0.717) is 16.8 Å². The third-order valence-electron chi connectivity index (χ3n) is 4.75. The van der Waals surface area contributed by atoms with Crippen LogP contribution in [-0.2, 0) is 15.8 Å². The maximum absolute atomic E-state index is 13.2. The fraction of sp³-hybridized carbons (Fsp3) is 0.182. The molecule has 0 bridgehead atoms. The first-order valence-corrected chi connectivity index (χ1v) is 11.6. The number of anilines is 3. The first kappa shape index (κ1) is 21.8. The molecular formula is C22H23N5O4S. The lowest BCUT2D eigenvalue weighted by atomic mass is 10.2. The minimum Gasteiger partial charge on any atom is -0.394 e. The van der Waals surface area contributed by atoms with Gasteiger partial charge in [-0.15, -0.1) is 0 Å². The molecule has 0 radical (unpaired) electrons. The van der Waals surface area contributed by atoms with E-state index >= 15 is 0 Å². The number of benzene rings is 2. The fourth-order valence-electron chi connectivity index (χ4n) is 3.19. The summed E-state index contributed by atoms with van der Waals surface area (Å²) >= 11 is 0. The summed E-state index contributed by atoms with van der Waals surface area (Å²) in [5, 5.41) is 25.4. The lowest BCUT2D eigenvalue weighted by Crippen LogP contribution is -2.23. The van der Waals surface area contributed by atoms with E-state index in [-0.39, 0.29) is 23.9 Å². The molecule has 1 unspecified atom stereocenters. The Kier molecular flexibility index (Phi) is 6.35. The zero-order valence-corrected chi connectivity index (χ0v) is 17.9. The van der Waals surface area contributed by atoms with Crippen LogP contribution >= 0.6 is 0 Å². The molecule has 9 nitrogen and oxygen atoms in total. The molecule has 2 aromatic carbocycles. The number of fused-ring (bicyclic) bond motifs is 1. The van der Waals surface area contributed by atoms with E-state index in [1.807, 2.05) is 36.4 Å². The monoisotopic (exact) mass is 453 g/mol. The molecule has 0 fully saturated rings. The van der Waals surface area contributed by atoms with Gasteiger partial charge in [0.1, 0.15) is 5.82 Å². The van der Waals surface area contributed by atoms with Gasteiger partial charge in [0, 0.05) is 18.4 Å². The minimum atomic E-state index is -3.76. The quantitative estimate of drug-likeness (QED) is 0.304. The molecule has 0 aliphatic rings. The molecule has 2 aromatic heterocycles. The van der Waals surface area contributed by atoms with Gasteiger partial charge >= 0.3 is 0 Å².